The number of phenols is 1. The van der Waals surface area contributed by atoms with Gasteiger partial charge in [0.15, 0.2) is 5.75 Å². The van der Waals surface area contributed by atoms with Crippen molar-refractivity contribution in [2.45, 2.75) is 21.6 Å². The standard InChI is InChI=1S/C18H16N2O11S3/c1-9-3-5-11-12(18(9)34(28,29)30)8-15(33(25,26)27)16(17(11)21)20-19-13-6-4-10(31-2)7-14(13)32(22,23)24/h3-8,21H,1-2H3,(H,22,23,24)(H,25,26,27)(H,28,29,30). The van der Waals surface area contributed by atoms with E-state index in [-0.39, 0.29) is 16.7 Å². The quantitative estimate of drug-likeness (QED) is 0.267. The molecule has 0 heterocycles. The molecule has 0 radical (unpaired) electrons. The molecule has 0 aliphatic rings. The van der Waals surface area contributed by atoms with Gasteiger partial charge in [-0.2, -0.15) is 25.3 Å². The van der Waals surface area contributed by atoms with E-state index in [1.54, 1.807) is 0 Å². The largest absolute Gasteiger partial charge is 0.505 e. The van der Waals surface area contributed by atoms with Crippen molar-refractivity contribution in [2.75, 3.05) is 7.11 Å². The number of benzene rings is 3. The van der Waals surface area contributed by atoms with E-state index in [0.717, 1.165) is 12.1 Å². The molecule has 0 spiro atoms. The van der Waals surface area contributed by atoms with Gasteiger partial charge in [0, 0.05) is 16.8 Å². The molecule has 0 aliphatic carbocycles. The van der Waals surface area contributed by atoms with Crippen molar-refractivity contribution < 1.29 is 48.8 Å². The predicted molar refractivity (Wildman–Crippen MR) is 117 cm³/mol. The zero-order chi connectivity index (χ0) is 25.6. The smallest absolute Gasteiger partial charge is 0.296 e. The van der Waals surface area contributed by atoms with E-state index < -0.39 is 67.6 Å². The fourth-order valence-corrected chi connectivity index (χ4v) is 5.36. The number of nitrogens with zero attached hydrogens (tertiary/aromatic N) is 2. The Bertz CT molecular complexity index is 1680. The molecule has 3 aromatic rings. The first kappa shape index (κ1) is 25.5. The van der Waals surface area contributed by atoms with Crippen LogP contribution in [0.25, 0.3) is 10.8 Å². The summed E-state index contributed by atoms with van der Waals surface area (Å²) >= 11 is 0. The number of rotatable bonds is 6. The molecule has 4 N–H and O–H groups in total. The van der Waals surface area contributed by atoms with Crippen LogP contribution in [0.4, 0.5) is 11.4 Å². The Balaban J connectivity index is 2.39. The summed E-state index contributed by atoms with van der Waals surface area (Å²) in [7, 11) is -13.6. The van der Waals surface area contributed by atoms with Crippen LogP contribution in [0.15, 0.2) is 61.3 Å². The van der Waals surface area contributed by atoms with E-state index in [9.17, 15) is 44.0 Å². The van der Waals surface area contributed by atoms with E-state index >= 15 is 0 Å². The van der Waals surface area contributed by atoms with Crippen LogP contribution in [0.2, 0.25) is 0 Å². The molecule has 3 rings (SSSR count). The van der Waals surface area contributed by atoms with Gasteiger partial charge in [0.1, 0.15) is 31.8 Å². The highest BCUT2D eigenvalue weighted by atomic mass is 32.2. The lowest BCUT2D eigenvalue weighted by atomic mass is 10.1. The highest BCUT2D eigenvalue weighted by Gasteiger charge is 2.27. The second-order valence-corrected chi connectivity index (χ2v) is 11.0. The lowest BCUT2D eigenvalue weighted by molar-refractivity contribution is 0.412. The zero-order valence-corrected chi connectivity index (χ0v) is 19.7. The topological polar surface area (TPSA) is 217 Å². The van der Waals surface area contributed by atoms with Gasteiger partial charge in [0.05, 0.1) is 7.11 Å². The number of methoxy groups -OCH3 is 1. The van der Waals surface area contributed by atoms with Crippen molar-refractivity contribution in [3.63, 3.8) is 0 Å². The first-order chi connectivity index (χ1) is 15.6. The Kier molecular flexibility index (Phi) is 6.42. The number of fused-ring (bicyclic) bond motifs is 1. The van der Waals surface area contributed by atoms with Gasteiger partial charge >= 0.3 is 0 Å². The van der Waals surface area contributed by atoms with Crippen molar-refractivity contribution in [3.05, 3.63) is 42.0 Å². The van der Waals surface area contributed by atoms with Crippen LogP contribution in [-0.2, 0) is 30.4 Å². The summed E-state index contributed by atoms with van der Waals surface area (Å²) in [5.41, 5.74) is -1.33. The summed E-state index contributed by atoms with van der Waals surface area (Å²) < 4.78 is 105. The summed E-state index contributed by atoms with van der Waals surface area (Å²) in [6.45, 7) is 1.31. The number of hydrogen-bond acceptors (Lipinski definition) is 10. The molecule has 0 bridgehead atoms. The number of phenolic OH excluding ortho intramolecular Hbond substituents is 1. The van der Waals surface area contributed by atoms with Gasteiger partial charge in [-0.25, -0.2) is 0 Å². The molecule has 0 aromatic heterocycles. The van der Waals surface area contributed by atoms with Crippen molar-refractivity contribution in [1.29, 1.82) is 0 Å². The van der Waals surface area contributed by atoms with E-state index in [2.05, 4.69) is 10.2 Å². The van der Waals surface area contributed by atoms with Crippen LogP contribution in [-0.4, -0.2) is 51.1 Å². The Hall–Kier alpha value is -3.15. The SMILES string of the molecule is COc1ccc(N=Nc2c(S(=O)(=O)O)cc3c(S(=O)(=O)O)c(C)ccc3c2O)c(S(=O)(=O)O)c1. The molecule has 13 nitrogen and oxygen atoms in total. The van der Waals surface area contributed by atoms with E-state index in [1.807, 2.05) is 0 Å². The van der Waals surface area contributed by atoms with Gasteiger partial charge in [0.2, 0.25) is 0 Å². The molecule has 0 saturated carbocycles. The molecule has 0 aliphatic heterocycles. The van der Waals surface area contributed by atoms with Gasteiger partial charge in [0.25, 0.3) is 30.4 Å². The van der Waals surface area contributed by atoms with Gasteiger partial charge in [-0.3, -0.25) is 13.7 Å². The number of hydrogen-bond donors (Lipinski definition) is 4. The fourth-order valence-electron chi connectivity index (χ4n) is 3.15. The zero-order valence-electron chi connectivity index (χ0n) is 17.2. The lowest BCUT2D eigenvalue weighted by Crippen LogP contribution is -2.04. The fraction of sp³-hybridized carbons (Fsp3) is 0.111. The summed E-state index contributed by atoms with van der Waals surface area (Å²) in [5.74, 6) is -0.910. The Morgan fingerprint density at radius 3 is 1.91 bits per heavy atom. The average molecular weight is 533 g/mol. The average Bonchev–Trinajstić information content (AvgIpc) is 2.70. The molecule has 0 atom stereocenters. The second-order valence-electron chi connectivity index (χ2n) is 6.84. The molecule has 0 fully saturated rings. The van der Waals surface area contributed by atoms with E-state index in [4.69, 9.17) is 4.74 Å². The summed E-state index contributed by atoms with van der Waals surface area (Å²) in [4.78, 5) is -2.55. The van der Waals surface area contributed by atoms with Gasteiger partial charge < -0.3 is 9.84 Å². The third-order valence-corrected chi connectivity index (χ3v) is 7.43. The normalized spacial score (nSPS) is 13.0. The maximum absolute atomic E-state index is 12.0. The molecular formula is C18H16N2O11S3. The third kappa shape index (κ3) is 4.86. The first-order valence-corrected chi connectivity index (χ1v) is 13.2. The summed E-state index contributed by atoms with van der Waals surface area (Å²) in [6, 6.07) is 6.32. The number of aryl methyl sites for hydroxylation is 1. The van der Waals surface area contributed by atoms with Gasteiger partial charge in [-0.15, -0.1) is 10.2 Å². The first-order valence-electron chi connectivity index (χ1n) is 8.87. The van der Waals surface area contributed by atoms with Crippen molar-refractivity contribution in [3.8, 4) is 11.5 Å². The Morgan fingerprint density at radius 2 is 1.38 bits per heavy atom. The highest BCUT2D eigenvalue weighted by Crippen LogP contribution is 2.44. The van der Waals surface area contributed by atoms with Crippen molar-refractivity contribution in [2.24, 2.45) is 10.2 Å². The number of aromatic hydroxyl groups is 1. The van der Waals surface area contributed by atoms with E-state index in [1.165, 1.54) is 32.2 Å². The van der Waals surface area contributed by atoms with Crippen LogP contribution in [0, 0.1) is 6.92 Å². The minimum Gasteiger partial charge on any atom is -0.505 e. The molecule has 182 valence electrons. The summed E-state index contributed by atoms with van der Waals surface area (Å²) in [6.07, 6.45) is 0. The van der Waals surface area contributed by atoms with Crippen LogP contribution in [0.3, 0.4) is 0 Å². The predicted octanol–water partition coefficient (Wildman–Crippen LogP) is 3.02. The van der Waals surface area contributed by atoms with Crippen molar-refractivity contribution >= 4 is 52.5 Å². The Labute approximate surface area is 193 Å². The molecule has 0 amide bonds. The molecule has 34 heavy (non-hydrogen) atoms. The number of azo groups is 1. The van der Waals surface area contributed by atoms with Crippen LogP contribution in [0.1, 0.15) is 5.56 Å². The van der Waals surface area contributed by atoms with Gasteiger partial charge in [-0.1, -0.05) is 12.1 Å². The lowest BCUT2D eigenvalue weighted by Gasteiger charge is -2.13. The third-order valence-electron chi connectivity index (χ3n) is 4.62. The second kappa shape index (κ2) is 8.57. The maximum Gasteiger partial charge on any atom is 0.296 e. The van der Waals surface area contributed by atoms with Crippen LogP contribution in [0.5, 0.6) is 11.5 Å². The molecule has 0 saturated heterocycles. The molecular weight excluding hydrogens is 516 g/mol. The molecule has 16 heteroatoms. The summed E-state index contributed by atoms with van der Waals surface area (Å²) in [5, 5.41) is 17.1. The molecule has 0 unspecified atom stereocenters. The van der Waals surface area contributed by atoms with Crippen LogP contribution >= 0.6 is 0 Å². The Morgan fingerprint density at radius 1 is 0.765 bits per heavy atom. The monoisotopic (exact) mass is 532 g/mol. The minimum atomic E-state index is -5.15. The van der Waals surface area contributed by atoms with Crippen molar-refractivity contribution in [1.82, 2.24) is 0 Å². The van der Waals surface area contributed by atoms with Crippen LogP contribution < -0.4 is 4.74 Å². The maximum atomic E-state index is 12.0. The van der Waals surface area contributed by atoms with Gasteiger partial charge in [-0.05, 0) is 30.7 Å². The molecule has 3 aromatic carbocycles. The van der Waals surface area contributed by atoms with E-state index in [0.29, 0.717) is 6.07 Å². The highest BCUT2D eigenvalue weighted by molar-refractivity contribution is 7.86. The number of ether oxygens (including phenoxy) is 1. The minimum absolute atomic E-state index is 0.0149.